The predicted octanol–water partition coefficient (Wildman–Crippen LogP) is 2.64. The van der Waals surface area contributed by atoms with Crippen LogP contribution in [0.25, 0.3) is 0 Å². The van der Waals surface area contributed by atoms with Gasteiger partial charge in [-0.2, -0.15) is 0 Å². The molecule has 3 heterocycles. The summed E-state index contributed by atoms with van der Waals surface area (Å²) in [6, 6.07) is 6.89. The van der Waals surface area contributed by atoms with Gasteiger partial charge in [-0.05, 0) is 38.8 Å². The summed E-state index contributed by atoms with van der Waals surface area (Å²) in [6.45, 7) is 12.1. The molecule has 1 aromatic heterocycles. The number of piperidine rings is 1. The molecule has 2 aliphatic rings. The van der Waals surface area contributed by atoms with Crippen LogP contribution >= 0.6 is 0 Å². The smallest absolute Gasteiger partial charge is 0.146 e. The monoisotopic (exact) mass is 383 g/mol. The number of aryl methyl sites for hydroxylation is 2. The topological polar surface area (TPSA) is 46.4 Å². The van der Waals surface area contributed by atoms with Crippen molar-refractivity contribution in [2.45, 2.75) is 45.7 Å². The van der Waals surface area contributed by atoms with E-state index in [9.17, 15) is 0 Å². The molecule has 0 bridgehead atoms. The fourth-order valence-electron chi connectivity index (χ4n) is 4.66. The van der Waals surface area contributed by atoms with E-state index in [-0.39, 0.29) is 0 Å². The molecule has 2 aromatic rings. The zero-order chi connectivity index (χ0) is 19.5. The highest BCUT2D eigenvalue weighted by atomic mass is 16.5. The summed E-state index contributed by atoms with van der Waals surface area (Å²) in [5.41, 5.74) is 4.12. The van der Waals surface area contributed by atoms with Gasteiger partial charge in [-0.3, -0.25) is 9.80 Å². The molecule has 2 fully saturated rings. The molecule has 0 amide bonds. The summed E-state index contributed by atoms with van der Waals surface area (Å²) < 4.78 is 7.69. The Morgan fingerprint density at radius 3 is 2.46 bits per heavy atom. The summed E-state index contributed by atoms with van der Waals surface area (Å²) in [4.78, 5) is 4.99. The predicted molar refractivity (Wildman–Crippen MR) is 110 cm³/mol. The zero-order valence-electron chi connectivity index (χ0n) is 17.5. The van der Waals surface area contributed by atoms with Gasteiger partial charge >= 0.3 is 0 Å². The van der Waals surface area contributed by atoms with Crippen molar-refractivity contribution in [1.29, 1.82) is 0 Å². The third-order valence-corrected chi connectivity index (χ3v) is 6.03. The van der Waals surface area contributed by atoms with Crippen molar-refractivity contribution in [3.05, 3.63) is 46.5 Å². The second-order valence-corrected chi connectivity index (χ2v) is 8.49. The van der Waals surface area contributed by atoms with Gasteiger partial charge in [-0.25, -0.2) is 0 Å². The van der Waals surface area contributed by atoms with E-state index in [2.05, 4.69) is 63.7 Å². The number of benzene rings is 1. The van der Waals surface area contributed by atoms with Crippen LogP contribution in [0.15, 0.2) is 18.2 Å². The minimum Gasteiger partial charge on any atom is -0.379 e. The average Bonchev–Trinajstić information content (AvgIpc) is 3.02. The lowest BCUT2D eigenvalue weighted by atomic mass is 9.96. The Balaban J connectivity index is 1.41. The lowest BCUT2D eigenvalue weighted by Gasteiger charge is -2.32. The molecule has 0 N–H and O–H groups in total. The minimum absolute atomic E-state index is 0.468. The third kappa shape index (κ3) is 4.62. The van der Waals surface area contributed by atoms with Crippen LogP contribution < -0.4 is 0 Å². The Hall–Kier alpha value is -1.76. The van der Waals surface area contributed by atoms with Crippen LogP contribution in [-0.2, 0) is 24.9 Å². The van der Waals surface area contributed by atoms with Crippen molar-refractivity contribution in [2.24, 2.45) is 7.05 Å². The van der Waals surface area contributed by atoms with Crippen LogP contribution in [0, 0.1) is 13.8 Å². The number of aromatic nitrogens is 3. The molecule has 6 heteroatoms. The highest BCUT2D eigenvalue weighted by molar-refractivity contribution is 5.28. The quantitative estimate of drug-likeness (QED) is 0.794. The van der Waals surface area contributed by atoms with Gasteiger partial charge in [0.05, 0.1) is 19.8 Å². The van der Waals surface area contributed by atoms with Crippen LogP contribution in [-0.4, -0.2) is 64.0 Å². The second kappa shape index (κ2) is 8.72. The van der Waals surface area contributed by atoms with Gasteiger partial charge in [0.1, 0.15) is 11.6 Å². The molecule has 152 valence electrons. The molecule has 4 rings (SSSR count). The van der Waals surface area contributed by atoms with Crippen molar-refractivity contribution >= 4 is 0 Å². The van der Waals surface area contributed by atoms with E-state index in [0.29, 0.717) is 5.92 Å². The summed E-state index contributed by atoms with van der Waals surface area (Å²) in [5, 5.41) is 9.13. The molecule has 0 saturated carbocycles. The number of rotatable bonds is 5. The molecule has 0 aliphatic carbocycles. The number of morpholine rings is 1. The van der Waals surface area contributed by atoms with Crippen molar-refractivity contribution in [3.63, 3.8) is 0 Å². The van der Waals surface area contributed by atoms with E-state index in [1.165, 1.54) is 36.1 Å². The van der Waals surface area contributed by atoms with E-state index in [1.54, 1.807) is 0 Å². The Morgan fingerprint density at radius 1 is 0.964 bits per heavy atom. The molecule has 2 saturated heterocycles. The van der Waals surface area contributed by atoms with Gasteiger partial charge in [0.15, 0.2) is 0 Å². The van der Waals surface area contributed by atoms with Gasteiger partial charge in [0.2, 0.25) is 0 Å². The first-order chi connectivity index (χ1) is 13.6. The van der Waals surface area contributed by atoms with Gasteiger partial charge in [0, 0.05) is 39.1 Å². The maximum Gasteiger partial charge on any atom is 0.146 e. The molecule has 0 unspecified atom stereocenters. The number of nitrogens with zero attached hydrogens (tertiary/aromatic N) is 5. The maximum absolute atomic E-state index is 5.45. The standard InChI is InChI=1S/C22H33N5O/c1-17-11-18(2)13-19(12-17)14-27-6-4-5-20(15-27)22-24-23-21(25(22)3)16-26-7-9-28-10-8-26/h11-13,20H,4-10,14-16H2,1-3H3/t20-/m0/s1. The summed E-state index contributed by atoms with van der Waals surface area (Å²) in [5.74, 6) is 2.69. The van der Waals surface area contributed by atoms with Crippen molar-refractivity contribution in [3.8, 4) is 0 Å². The summed E-state index contributed by atoms with van der Waals surface area (Å²) in [7, 11) is 2.13. The lowest BCUT2D eigenvalue weighted by Crippen LogP contribution is -2.36. The molecule has 0 radical (unpaired) electrons. The number of ether oxygens (including phenoxy) is 1. The van der Waals surface area contributed by atoms with Crippen LogP contribution in [0.3, 0.4) is 0 Å². The molecule has 28 heavy (non-hydrogen) atoms. The van der Waals surface area contributed by atoms with E-state index >= 15 is 0 Å². The molecule has 1 atom stereocenters. The largest absolute Gasteiger partial charge is 0.379 e. The van der Waals surface area contributed by atoms with Crippen LogP contribution in [0.2, 0.25) is 0 Å². The van der Waals surface area contributed by atoms with Gasteiger partial charge in [-0.15, -0.1) is 10.2 Å². The van der Waals surface area contributed by atoms with E-state index in [4.69, 9.17) is 4.74 Å². The van der Waals surface area contributed by atoms with Crippen molar-refractivity contribution < 1.29 is 4.74 Å². The van der Waals surface area contributed by atoms with Crippen LogP contribution in [0.4, 0.5) is 0 Å². The summed E-state index contributed by atoms with van der Waals surface area (Å²) >= 11 is 0. The summed E-state index contributed by atoms with van der Waals surface area (Å²) in [6.07, 6.45) is 2.42. The maximum atomic E-state index is 5.45. The second-order valence-electron chi connectivity index (χ2n) is 8.49. The molecule has 6 nitrogen and oxygen atoms in total. The third-order valence-electron chi connectivity index (χ3n) is 6.03. The zero-order valence-corrected chi connectivity index (χ0v) is 17.5. The normalized spacial score (nSPS) is 21.9. The first-order valence-corrected chi connectivity index (χ1v) is 10.6. The van der Waals surface area contributed by atoms with E-state index in [0.717, 1.165) is 57.6 Å². The lowest BCUT2D eigenvalue weighted by molar-refractivity contribution is 0.0326. The highest BCUT2D eigenvalue weighted by Crippen LogP contribution is 2.27. The van der Waals surface area contributed by atoms with Crippen LogP contribution in [0.1, 0.15) is 47.1 Å². The molecular formula is C22H33N5O. The molecule has 1 aromatic carbocycles. The first kappa shape index (κ1) is 19.6. The minimum atomic E-state index is 0.468. The molecule has 0 spiro atoms. The Bertz CT molecular complexity index is 776. The Labute approximate surface area is 168 Å². The van der Waals surface area contributed by atoms with Crippen molar-refractivity contribution in [2.75, 3.05) is 39.4 Å². The SMILES string of the molecule is Cc1cc(C)cc(CN2CCC[C@H](c3nnc(CN4CCOCC4)n3C)C2)c1. The average molecular weight is 384 g/mol. The first-order valence-electron chi connectivity index (χ1n) is 10.6. The molecular weight excluding hydrogens is 350 g/mol. The highest BCUT2D eigenvalue weighted by Gasteiger charge is 2.26. The van der Waals surface area contributed by atoms with Crippen LogP contribution in [0.5, 0.6) is 0 Å². The van der Waals surface area contributed by atoms with Gasteiger partial charge in [-0.1, -0.05) is 29.3 Å². The fraction of sp³-hybridized carbons (Fsp3) is 0.636. The van der Waals surface area contributed by atoms with Crippen molar-refractivity contribution in [1.82, 2.24) is 24.6 Å². The number of hydrogen-bond acceptors (Lipinski definition) is 5. The Kier molecular flexibility index (Phi) is 6.09. The van der Waals surface area contributed by atoms with Gasteiger partial charge in [0.25, 0.3) is 0 Å². The van der Waals surface area contributed by atoms with E-state index < -0.39 is 0 Å². The number of likely N-dealkylation sites (tertiary alicyclic amines) is 1. The number of hydrogen-bond donors (Lipinski definition) is 0. The van der Waals surface area contributed by atoms with Gasteiger partial charge < -0.3 is 9.30 Å². The van der Waals surface area contributed by atoms with E-state index in [1.807, 2.05) is 0 Å². The fourth-order valence-corrected chi connectivity index (χ4v) is 4.66. The molecule has 2 aliphatic heterocycles. The Morgan fingerprint density at radius 2 is 1.71 bits per heavy atom.